The van der Waals surface area contributed by atoms with Crippen LogP contribution in [-0.2, 0) is 4.74 Å². The lowest BCUT2D eigenvalue weighted by Gasteiger charge is -2.31. The van der Waals surface area contributed by atoms with Gasteiger partial charge in [0.2, 0.25) is 0 Å². The smallest absolute Gasteiger partial charge is 0.0499 e. The quantitative estimate of drug-likeness (QED) is 0.702. The molecule has 0 aliphatic heterocycles. The van der Waals surface area contributed by atoms with Crippen LogP contribution in [0.4, 0.5) is 0 Å². The molecule has 0 aromatic rings. The SMILES string of the molecule is COCC(C)CNCC1(CC(C)C)CCCC1. The van der Waals surface area contributed by atoms with Gasteiger partial charge in [-0.15, -0.1) is 0 Å². The summed E-state index contributed by atoms with van der Waals surface area (Å²) in [6, 6.07) is 0. The molecular weight excluding hydrogens is 210 g/mol. The number of nitrogens with one attached hydrogen (secondary N) is 1. The number of methoxy groups -OCH3 is 1. The second-order valence-corrected chi connectivity index (χ2v) is 6.50. The van der Waals surface area contributed by atoms with Gasteiger partial charge in [-0.1, -0.05) is 33.6 Å². The lowest BCUT2D eigenvalue weighted by atomic mass is 9.78. The maximum absolute atomic E-state index is 5.18. The predicted octanol–water partition coefficient (Wildman–Crippen LogP) is 3.47. The van der Waals surface area contributed by atoms with Crippen molar-refractivity contribution in [3.63, 3.8) is 0 Å². The van der Waals surface area contributed by atoms with E-state index in [4.69, 9.17) is 4.74 Å². The molecule has 0 bridgehead atoms. The fraction of sp³-hybridized carbons (Fsp3) is 1.00. The van der Waals surface area contributed by atoms with Gasteiger partial charge in [-0.05, 0) is 43.1 Å². The normalized spacial score (nSPS) is 21.0. The van der Waals surface area contributed by atoms with Crippen molar-refractivity contribution in [1.82, 2.24) is 5.32 Å². The van der Waals surface area contributed by atoms with Gasteiger partial charge in [0.05, 0.1) is 0 Å². The summed E-state index contributed by atoms with van der Waals surface area (Å²) in [4.78, 5) is 0. The zero-order valence-electron chi connectivity index (χ0n) is 12.2. The molecule has 1 aliphatic carbocycles. The molecular formula is C15H31NO. The van der Waals surface area contributed by atoms with Gasteiger partial charge in [0.15, 0.2) is 0 Å². The molecule has 0 saturated heterocycles. The van der Waals surface area contributed by atoms with Crippen molar-refractivity contribution in [3.05, 3.63) is 0 Å². The van der Waals surface area contributed by atoms with Crippen molar-refractivity contribution < 1.29 is 4.74 Å². The van der Waals surface area contributed by atoms with E-state index in [0.717, 1.165) is 19.1 Å². The molecule has 1 unspecified atom stereocenters. The molecule has 0 aromatic carbocycles. The second kappa shape index (κ2) is 7.38. The van der Waals surface area contributed by atoms with E-state index in [-0.39, 0.29) is 0 Å². The monoisotopic (exact) mass is 241 g/mol. The molecule has 1 rings (SSSR count). The van der Waals surface area contributed by atoms with E-state index in [1.54, 1.807) is 7.11 Å². The van der Waals surface area contributed by atoms with Gasteiger partial charge in [-0.3, -0.25) is 0 Å². The Morgan fingerprint density at radius 2 is 1.82 bits per heavy atom. The number of hydrogen-bond acceptors (Lipinski definition) is 2. The highest BCUT2D eigenvalue weighted by Gasteiger charge is 2.33. The minimum atomic E-state index is 0.598. The molecule has 0 heterocycles. The molecule has 0 radical (unpaired) electrons. The van der Waals surface area contributed by atoms with Crippen molar-refractivity contribution in [2.45, 2.75) is 52.9 Å². The fourth-order valence-corrected chi connectivity index (χ4v) is 3.37. The standard InChI is InChI=1S/C15H31NO/c1-13(2)9-15(7-5-6-8-15)12-16-10-14(3)11-17-4/h13-14,16H,5-12H2,1-4H3. The summed E-state index contributed by atoms with van der Waals surface area (Å²) >= 11 is 0. The summed E-state index contributed by atoms with van der Waals surface area (Å²) in [6.45, 7) is 10.1. The van der Waals surface area contributed by atoms with Crippen LogP contribution in [0, 0.1) is 17.3 Å². The molecule has 2 nitrogen and oxygen atoms in total. The minimum absolute atomic E-state index is 0.598. The molecule has 0 amide bonds. The third-order valence-corrected chi connectivity index (χ3v) is 3.95. The third kappa shape index (κ3) is 5.39. The average molecular weight is 241 g/mol. The van der Waals surface area contributed by atoms with Gasteiger partial charge in [0, 0.05) is 20.3 Å². The van der Waals surface area contributed by atoms with E-state index in [1.807, 2.05) is 0 Å². The Kier molecular flexibility index (Phi) is 6.50. The predicted molar refractivity (Wildman–Crippen MR) is 74.3 cm³/mol. The Morgan fingerprint density at radius 1 is 1.18 bits per heavy atom. The van der Waals surface area contributed by atoms with Crippen LogP contribution >= 0.6 is 0 Å². The lowest BCUT2D eigenvalue weighted by Crippen LogP contribution is -2.36. The van der Waals surface area contributed by atoms with Crippen molar-refractivity contribution in [3.8, 4) is 0 Å². The molecule has 1 N–H and O–H groups in total. The molecule has 102 valence electrons. The molecule has 0 aromatic heterocycles. The maximum atomic E-state index is 5.18. The largest absolute Gasteiger partial charge is 0.384 e. The van der Waals surface area contributed by atoms with Crippen LogP contribution in [0.15, 0.2) is 0 Å². The first-order valence-electron chi connectivity index (χ1n) is 7.28. The van der Waals surface area contributed by atoms with Gasteiger partial charge in [0.1, 0.15) is 0 Å². The van der Waals surface area contributed by atoms with E-state index < -0.39 is 0 Å². The van der Waals surface area contributed by atoms with Crippen LogP contribution in [-0.4, -0.2) is 26.8 Å². The van der Waals surface area contributed by atoms with Gasteiger partial charge in [-0.25, -0.2) is 0 Å². The number of hydrogen-bond donors (Lipinski definition) is 1. The van der Waals surface area contributed by atoms with E-state index in [0.29, 0.717) is 11.3 Å². The number of ether oxygens (including phenoxy) is 1. The summed E-state index contributed by atoms with van der Waals surface area (Å²) in [5.74, 6) is 1.45. The highest BCUT2D eigenvalue weighted by molar-refractivity contribution is 4.87. The fourth-order valence-electron chi connectivity index (χ4n) is 3.37. The van der Waals surface area contributed by atoms with Crippen molar-refractivity contribution in [2.24, 2.45) is 17.3 Å². The molecule has 0 spiro atoms. The van der Waals surface area contributed by atoms with Crippen LogP contribution in [0.3, 0.4) is 0 Å². The Morgan fingerprint density at radius 3 is 2.35 bits per heavy atom. The van der Waals surface area contributed by atoms with E-state index >= 15 is 0 Å². The lowest BCUT2D eigenvalue weighted by molar-refractivity contribution is 0.152. The topological polar surface area (TPSA) is 21.3 Å². The van der Waals surface area contributed by atoms with Crippen molar-refractivity contribution in [1.29, 1.82) is 0 Å². The Hall–Kier alpha value is -0.0800. The molecule has 17 heavy (non-hydrogen) atoms. The second-order valence-electron chi connectivity index (χ2n) is 6.50. The van der Waals surface area contributed by atoms with E-state index in [9.17, 15) is 0 Å². The van der Waals surface area contributed by atoms with Gasteiger partial charge < -0.3 is 10.1 Å². The molecule has 2 heteroatoms. The van der Waals surface area contributed by atoms with Gasteiger partial charge >= 0.3 is 0 Å². The van der Waals surface area contributed by atoms with Crippen molar-refractivity contribution >= 4 is 0 Å². The zero-order chi connectivity index (χ0) is 12.7. The van der Waals surface area contributed by atoms with Gasteiger partial charge in [0.25, 0.3) is 0 Å². The van der Waals surface area contributed by atoms with Crippen LogP contribution < -0.4 is 5.32 Å². The van der Waals surface area contributed by atoms with E-state index in [1.165, 1.54) is 38.6 Å². The first-order valence-corrected chi connectivity index (χ1v) is 7.28. The van der Waals surface area contributed by atoms with Crippen LogP contribution in [0.25, 0.3) is 0 Å². The summed E-state index contributed by atoms with van der Waals surface area (Å²) in [7, 11) is 1.79. The van der Waals surface area contributed by atoms with Gasteiger partial charge in [-0.2, -0.15) is 0 Å². The maximum Gasteiger partial charge on any atom is 0.0499 e. The van der Waals surface area contributed by atoms with E-state index in [2.05, 4.69) is 26.1 Å². The number of rotatable bonds is 8. The van der Waals surface area contributed by atoms with Crippen LogP contribution in [0.2, 0.25) is 0 Å². The summed E-state index contributed by atoms with van der Waals surface area (Å²) in [5.41, 5.74) is 0.598. The molecule has 1 atom stereocenters. The molecule has 1 aliphatic rings. The van der Waals surface area contributed by atoms with Crippen molar-refractivity contribution in [2.75, 3.05) is 26.8 Å². The first-order chi connectivity index (χ1) is 8.08. The summed E-state index contributed by atoms with van der Waals surface area (Å²) < 4.78 is 5.18. The summed E-state index contributed by atoms with van der Waals surface area (Å²) in [6.07, 6.45) is 7.11. The zero-order valence-corrected chi connectivity index (χ0v) is 12.2. The highest BCUT2D eigenvalue weighted by Crippen LogP contribution is 2.42. The highest BCUT2D eigenvalue weighted by atomic mass is 16.5. The molecule has 1 saturated carbocycles. The Bertz CT molecular complexity index is 197. The Labute approximate surface area is 108 Å². The average Bonchev–Trinajstić information content (AvgIpc) is 2.66. The Balaban J connectivity index is 2.30. The summed E-state index contributed by atoms with van der Waals surface area (Å²) in [5, 5.41) is 3.68. The minimum Gasteiger partial charge on any atom is -0.384 e. The first kappa shape index (κ1) is 15.0. The molecule has 1 fully saturated rings. The van der Waals surface area contributed by atoms with Crippen LogP contribution in [0.1, 0.15) is 52.9 Å². The third-order valence-electron chi connectivity index (χ3n) is 3.95. The van der Waals surface area contributed by atoms with Crippen LogP contribution in [0.5, 0.6) is 0 Å².